The molecule has 3 heterocycles. The van der Waals surface area contributed by atoms with E-state index in [4.69, 9.17) is 21.1 Å². The van der Waals surface area contributed by atoms with E-state index in [-0.39, 0.29) is 25.7 Å². The van der Waals surface area contributed by atoms with Crippen molar-refractivity contribution in [1.82, 2.24) is 14.7 Å². The quantitative estimate of drug-likeness (QED) is 0.516. The van der Waals surface area contributed by atoms with Crippen LogP contribution < -0.4 is 0 Å². The van der Waals surface area contributed by atoms with Gasteiger partial charge in [-0.2, -0.15) is 13.2 Å². The summed E-state index contributed by atoms with van der Waals surface area (Å²) in [5, 5.41) is 0.552. The van der Waals surface area contributed by atoms with Crippen molar-refractivity contribution in [3.05, 3.63) is 33.8 Å². The third-order valence-electron chi connectivity index (χ3n) is 6.55. The summed E-state index contributed by atoms with van der Waals surface area (Å²) in [7, 11) is 0. The number of benzene rings is 1. The molecule has 2 atom stereocenters. The minimum atomic E-state index is -4.52. The van der Waals surface area contributed by atoms with Gasteiger partial charge in [-0.05, 0) is 68.9 Å². The molecule has 4 rings (SSSR count). The molecule has 11 heteroatoms. The number of likely N-dealkylation sites (tertiary alicyclic amines) is 1. The molecule has 35 heavy (non-hydrogen) atoms. The van der Waals surface area contributed by atoms with Crippen molar-refractivity contribution in [1.29, 1.82) is 0 Å². The molecule has 194 valence electrons. The van der Waals surface area contributed by atoms with Gasteiger partial charge in [0.15, 0.2) is 6.10 Å². The van der Waals surface area contributed by atoms with Gasteiger partial charge >= 0.3 is 18.3 Å². The first-order valence-corrected chi connectivity index (χ1v) is 12.2. The number of hydrogen-bond donors (Lipinski definition) is 0. The van der Waals surface area contributed by atoms with Gasteiger partial charge in [-0.15, -0.1) is 0 Å². The van der Waals surface area contributed by atoms with Crippen LogP contribution in [0.5, 0.6) is 0 Å². The lowest BCUT2D eigenvalue weighted by molar-refractivity contribution is -0.234. The Bertz CT molecular complexity index is 982. The zero-order valence-electron chi connectivity index (χ0n) is 20.2. The smallest absolute Gasteiger partial charge is 0.416 e. The summed E-state index contributed by atoms with van der Waals surface area (Å²) >= 11 is 6.43. The van der Waals surface area contributed by atoms with E-state index in [2.05, 4.69) is 0 Å². The van der Waals surface area contributed by atoms with E-state index in [1.165, 1.54) is 4.90 Å². The molecule has 2 fully saturated rings. The lowest BCUT2D eigenvalue weighted by Gasteiger charge is -2.39. The molecule has 3 aliphatic heterocycles. The number of ether oxygens (including phenoxy) is 2. The van der Waals surface area contributed by atoms with Gasteiger partial charge in [0.1, 0.15) is 5.60 Å². The predicted molar refractivity (Wildman–Crippen MR) is 123 cm³/mol. The predicted octanol–water partition coefficient (Wildman–Crippen LogP) is 5.15. The lowest BCUT2D eigenvalue weighted by atomic mass is 9.90. The van der Waals surface area contributed by atoms with Crippen LogP contribution in [0.15, 0.2) is 12.1 Å². The largest absolute Gasteiger partial charge is 0.444 e. The molecular weight excluding hydrogens is 487 g/mol. The van der Waals surface area contributed by atoms with E-state index >= 15 is 0 Å². The lowest BCUT2D eigenvalue weighted by Crippen LogP contribution is -2.55. The Hall–Kier alpha value is -2.20. The van der Waals surface area contributed by atoms with Gasteiger partial charge in [0.25, 0.3) is 0 Å². The minimum absolute atomic E-state index is 0.108. The highest BCUT2D eigenvalue weighted by Gasteiger charge is 2.45. The van der Waals surface area contributed by atoms with Crippen LogP contribution in [-0.2, 0) is 22.4 Å². The molecule has 0 N–H and O–H groups in total. The van der Waals surface area contributed by atoms with Crippen LogP contribution >= 0.6 is 11.6 Å². The Kier molecular flexibility index (Phi) is 7.16. The molecule has 3 aliphatic rings. The van der Waals surface area contributed by atoms with Crippen molar-refractivity contribution < 1.29 is 32.2 Å². The van der Waals surface area contributed by atoms with Crippen LogP contribution in [0.3, 0.4) is 0 Å². The molecule has 2 saturated heterocycles. The second-order valence-electron chi connectivity index (χ2n) is 10.3. The van der Waals surface area contributed by atoms with Crippen molar-refractivity contribution in [3.8, 4) is 0 Å². The van der Waals surface area contributed by atoms with E-state index in [0.29, 0.717) is 24.5 Å². The maximum atomic E-state index is 13.2. The highest BCUT2D eigenvalue weighted by atomic mass is 35.5. The number of amides is 3. The maximum absolute atomic E-state index is 13.2. The zero-order chi connectivity index (χ0) is 25.5. The second-order valence-corrected chi connectivity index (χ2v) is 10.7. The standard InChI is InChI=1S/C24H31ClF3N3O4/c1-23(2,3)35-22(33)31-7-4-5-19(31)17-12-16(25)11-15-6-8-29(13-18(15)17)21(32)30-9-10-34-20(14-30)24(26,27)28/h11-12,19-20H,4-10,13-14H2,1-3H3/t19-,20?/m0/s1. The Morgan fingerprint density at radius 3 is 2.54 bits per heavy atom. The van der Waals surface area contributed by atoms with Gasteiger partial charge in [0.05, 0.1) is 19.2 Å². The molecule has 0 saturated carbocycles. The van der Waals surface area contributed by atoms with Gasteiger partial charge in [0.2, 0.25) is 0 Å². The fourth-order valence-electron chi connectivity index (χ4n) is 4.97. The number of rotatable bonds is 1. The molecular formula is C24H31ClF3N3O4. The summed E-state index contributed by atoms with van der Waals surface area (Å²) in [5.74, 6) is 0. The van der Waals surface area contributed by atoms with Crippen molar-refractivity contribution >= 4 is 23.7 Å². The number of hydrogen-bond acceptors (Lipinski definition) is 4. The van der Waals surface area contributed by atoms with Crippen molar-refractivity contribution in [2.24, 2.45) is 0 Å². The van der Waals surface area contributed by atoms with Crippen molar-refractivity contribution in [2.45, 2.75) is 70.5 Å². The number of urea groups is 1. The molecule has 0 aliphatic carbocycles. The van der Waals surface area contributed by atoms with Crippen LogP contribution in [0.2, 0.25) is 5.02 Å². The van der Waals surface area contributed by atoms with E-state index < -0.39 is 36.6 Å². The number of nitrogens with zero attached hydrogens (tertiary/aromatic N) is 3. The molecule has 1 aromatic carbocycles. The third-order valence-corrected chi connectivity index (χ3v) is 6.77. The Morgan fingerprint density at radius 2 is 1.86 bits per heavy atom. The number of morpholine rings is 1. The Balaban J connectivity index is 1.56. The van der Waals surface area contributed by atoms with Crippen LogP contribution in [-0.4, -0.2) is 77.5 Å². The molecule has 0 aromatic heterocycles. The molecule has 3 amide bonds. The van der Waals surface area contributed by atoms with E-state index in [1.807, 2.05) is 32.9 Å². The fourth-order valence-corrected chi connectivity index (χ4v) is 5.22. The minimum Gasteiger partial charge on any atom is -0.444 e. The normalized spacial score (nSPS) is 23.3. The number of carbonyl (C=O) groups excluding carboxylic acids is 2. The summed E-state index contributed by atoms with van der Waals surface area (Å²) in [6.07, 6.45) is -4.83. The SMILES string of the molecule is CC(C)(C)OC(=O)N1CCC[C@H]1c1cc(Cl)cc2c1CN(C(=O)N1CCOC(C(F)(F)F)C1)CC2. The van der Waals surface area contributed by atoms with Crippen LogP contribution in [0.25, 0.3) is 0 Å². The van der Waals surface area contributed by atoms with E-state index in [0.717, 1.165) is 29.5 Å². The zero-order valence-corrected chi connectivity index (χ0v) is 20.9. The topological polar surface area (TPSA) is 62.3 Å². The maximum Gasteiger partial charge on any atom is 0.416 e. The third kappa shape index (κ3) is 5.80. The first kappa shape index (κ1) is 25.9. The fraction of sp³-hybridized carbons (Fsp3) is 0.667. The summed E-state index contributed by atoms with van der Waals surface area (Å²) in [6.45, 7) is 6.05. The molecule has 7 nitrogen and oxygen atoms in total. The molecule has 1 aromatic rings. The summed E-state index contributed by atoms with van der Waals surface area (Å²) in [5.41, 5.74) is 2.12. The number of alkyl halides is 3. The van der Waals surface area contributed by atoms with Crippen molar-refractivity contribution in [2.75, 3.05) is 32.8 Å². The van der Waals surface area contributed by atoms with Gasteiger partial charge < -0.3 is 24.2 Å². The van der Waals surface area contributed by atoms with Gasteiger partial charge in [-0.3, -0.25) is 0 Å². The second kappa shape index (κ2) is 9.69. The average Bonchev–Trinajstić information content (AvgIpc) is 3.26. The number of halogens is 4. The summed E-state index contributed by atoms with van der Waals surface area (Å²) in [4.78, 5) is 30.6. The number of fused-ring (bicyclic) bond motifs is 1. The van der Waals surface area contributed by atoms with Gasteiger partial charge in [0, 0.05) is 31.2 Å². The van der Waals surface area contributed by atoms with E-state index in [1.54, 1.807) is 9.80 Å². The Labute approximate surface area is 208 Å². The molecule has 0 bridgehead atoms. The van der Waals surface area contributed by atoms with Crippen LogP contribution in [0.4, 0.5) is 22.8 Å². The number of carbonyl (C=O) groups is 2. The average molecular weight is 518 g/mol. The van der Waals surface area contributed by atoms with E-state index in [9.17, 15) is 22.8 Å². The molecule has 0 radical (unpaired) electrons. The monoisotopic (exact) mass is 517 g/mol. The van der Waals surface area contributed by atoms with Crippen LogP contribution in [0.1, 0.15) is 56.3 Å². The Morgan fingerprint density at radius 1 is 1.11 bits per heavy atom. The van der Waals surface area contributed by atoms with Gasteiger partial charge in [-0.1, -0.05) is 11.6 Å². The molecule has 1 unspecified atom stereocenters. The first-order chi connectivity index (χ1) is 16.3. The highest BCUT2D eigenvalue weighted by Crippen LogP contribution is 2.39. The summed E-state index contributed by atoms with van der Waals surface area (Å²) in [6, 6.07) is 3.01. The van der Waals surface area contributed by atoms with Crippen LogP contribution in [0, 0.1) is 0 Å². The highest BCUT2D eigenvalue weighted by molar-refractivity contribution is 6.30. The first-order valence-electron chi connectivity index (χ1n) is 11.9. The van der Waals surface area contributed by atoms with Crippen molar-refractivity contribution in [3.63, 3.8) is 0 Å². The molecule has 0 spiro atoms. The summed E-state index contributed by atoms with van der Waals surface area (Å²) < 4.78 is 49.9. The van der Waals surface area contributed by atoms with Gasteiger partial charge in [-0.25, -0.2) is 9.59 Å².